The van der Waals surface area contributed by atoms with E-state index in [0.717, 1.165) is 36.8 Å². The van der Waals surface area contributed by atoms with Crippen molar-refractivity contribution >= 4 is 45.6 Å². The van der Waals surface area contributed by atoms with Crippen molar-refractivity contribution in [3.8, 4) is 11.8 Å². The second kappa shape index (κ2) is 11.3. The van der Waals surface area contributed by atoms with Crippen LogP contribution in [0.1, 0.15) is 53.6 Å². The minimum Gasteiger partial charge on any atom is -0.486 e. The Morgan fingerprint density at radius 3 is 2.91 bits per heavy atom. The van der Waals surface area contributed by atoms with Crippen molar-refractivity contribution in [3.63, 3.8) is 0 Å². The van der Waals surface area contributed by atoms with Crippen molar-refractivity contribution < 1.29 is 9.53 Å². The van der Waals surface area contributed by atoms with E-state index < -0.39 is 0 Å². The number of benzene rings is 1. The Bertz CT molecular complexity index is 1230. The fourth-order valence-electron chi connectivity index (χ4n) is 3.95. The number of thiophene rings is 1. The third-order valence-electron chi connectivity index (χ3n) is 5.73. The number of carbonyl (C=O) groups is 1. The highest BCUT2D eigenvalue weighted by atomic mass is 35.5. The van der Waals surface area contributed by atoms with Crippen LogP contribution in [0.2, 0.25) is 5.02 Å². The maximum Gasteiger partial charge on any atom is 0.235 e. The smallest absolute Gasteiger partial charge is 0.235 e. The summed E-state index contributed by atoms with van der Waals surface area (Å²) in [5, 5.41) is 23.2. The van der Waals surface area contributed by atoms with Crippen molar-refractivity contribution in [2.75, 3.05) is 11.1 Å². The number of hydrogen-bond acceptors (Lipinski definition) is 7. The van der Waals surface area contributed by atoms with E-state index in [9.17, 15) is 10.1 Å². The molecule has 1 aliphatic carbocycles. The Labute approximate surface area is 212 Å². The summed E-state index contributed by atoms with van der Waals surface area (Å²) in [6.07, 6.45) is 5.32. The van der Waals surface area contributed by atoms with Crippen molar-refractivity contribution in [3.05, 3.63) is 50.6 Å². The van der Waals surface area contributed by atoms with Gasteiger partial charge < -0.3 is 14.6 Å². The van der Waals surface area contributed by atoms with Gasteiger partial charge in [-0.25, -0.2) is 0 Å². The van der Waals surface area contributed by atoms with Crippen LogP contribution in [0, 0.1) is 18.3 Å². The van der Waals surface area contributed by atoms with Crippen LogP contribution < -0.4 is 10.1 Å². The molecular weight excluding hydrogens is 490 g/mol. The molecule has 0 radical (unpaired) electrons. The number of anilines is 1. The van der Waals surface area contributed by atoms with Crippen LogP contribution in [-0.2, 0) is 30.8 Å². The molecule has 178 valence electrons. The first-order valence-corrected chi connectivity index (χ1v) is 13.5. The second-order valence-electron chi connectivity index (χ2n) is 8.06. The Balaban J connectivity index is 1.37. The normalized spacial score (nSPS) is 13.1. The van der Waals surface area contributed by atoms with E-state index in [1.54, 1.807) is 17.4 Å². The van der Waals surface area contributed by atoms with Gasteiger partial charge in [0.25, 0.3) is 0 Å². The highest BCUT2D eigenvalue weighted by Gasteiger charge is 2.21. The summed E-state index contributed by atoms with van der Waals surface area (Å²) in [6, 6.07) is 7.82. The molecule has 3 aromatic rings. The lowest BCUT2D eigenvalue weighted by atomic mass is 10.1. The Hall–Kier alpha value is -2.54. The van der Waals surface area contributed by atoms with Gasteiger partial charge in [-0.2, -0.15) is 5.26 Å². The number of hydrogen-bond donors (Lipinski definition) is 1. The summed E-state index contributed by atoms with van der Waals surface area (Å²) in [7, 11) is 0. The van der Waals surface area contributed by atoms with E-state index in [2.05, 4.69) is 21.6 Å². The summed E-state index contributed by atoms with van der Waals surface area (Å²) in [6.45, 7) is 4.85. The molecule has 1 aliphatic rings. The average Bonchev–Trinajstić information content (AvgIpc) is 3.29. The molecule has 0 atom stereocenters. The van der Waals surface area contributed by atoms with E-state index >= 15 is 0 Å². The van der Waals surface area contributed by atoms with Gasteiger partial charge in [0.05, 0.1) is 11.3 Å². The number of thioether (sulfide) groups is 1. The van der Waals surface area contributed by atoms with Crippen molar-refractivity contribution in [2.45, 2.75) is 64.3 Å². The maximum atomic E-state index is 12.7. The number of aromatic nitrogens is 3. The Kier molecular flexibility index (Phi) is 8.14. The van der Waals surface area contributed by atoms with Gasteiger partial charge in [-0.15, -0.1) is 21.5 Å². The van der Waals surface area contributed by atoms with Crippen molar-refractivity contribution in [1.82, 2.24) is 14.8 Å². The third kappa shape index (κ3) is 5.57. The summed E-state index contributed by atoms with van der Waals surface area (Å²) in [5.74, 6) is 1.43. The Morgan fingerprint density at radius 1 is 1.32 bits per heavy atom. The molecule has 0 saturated carbocycles. The van der Waals surface area contributed by atoms with Crippen LogP contribution in [0.4, 0.5) is 5.00 Å². The molecule has 0 bridgehead atoms. The summed E-state index contributed by atoms with van der Waals surface area (Å²) < 4.78 is 7.80. The number of halogens is 1. The lowest BCUT2D eigenvalue weighted by molar-refractivity contribution is -0.113. The predicted molar refractivity (Wildman–Crippen MR) is 136 cm³/mol. The number of nitriles is 1. The SMILES string of the molecule is CCn1c(COc2ccc(Cl)c(C)c2)nnc1SCC(=O)Nc1sc2c(c1C#N)CCCCC2. The zero-order chi connectivity index (χ0) is 24.1. The van der Waals surface area contributed by atoms with Crippen LogP contribution in [0.3, 0.4) is 0 Å². The number of aryl methyl sites for hydroxylation is 2. The fraction of sp³-hybridized carbons (Fsp3) is 0.417. The summed E-state index contributed by atoms with van der Waals surface area (Å²) in [5.41, 5.74) is 2.70. The van der Waals surface area contributed by atoms with Crippen LogP contribution in [-0.4, -0.2) is 26.4 Å². The molecule has 1 N–H and O–H groups in total. The largest absolute Gasteiger partial charge is 0.486 e. The molecule has 2 heterocycles. The van der Waals surface area contributed by atoms with Crippen molar-refractivity contribution in [2.24, 2.45) is 0 Å². The zero-order valence-electron chi connectivity index (χ0n) is 19.2. The highest BCUT2D eigenvalue weighted by molar-refractivity contribution is 7.99. The van der Waals surface area contributed by atoms with Gasteiger partial charge in [-0.05, 0) is 68.9 Å². The van der Waals surface area contributed by atoms with Crippen LogP contribution >= 0.6 is 34.7 Å². The van der Waals surface area contributed by atoms with Crippen molar-refractivity contribution in [1.29, 1.82) is 5.26 Å². The monoisotopic (exact) mass is 515 g/mol. The number of ether oxygens (including phenoxy) is 1. The third-order valence-corrected chi connectivity index (χ3v) is 8.32. The molecule has 1 amide bonds. The first-order valence-electron chi connectivity index (χ1n) is 11.3. The number of carbonyl (C=O) groups excluding carboxylic acids is 1. The molecule has 34 heavy (non-hydrogen) atoms. The number of amides is 1. The van der Waals surface area contributed by atoms with E-state index in [0.29, 0.717) is 38.9 Å². The van der Waals surface area contributed by atoms with E-state index in [-0.39, 0.29) is 18.3 Å². The number of nitrogens with zero attached hydrogens (tertiary/aromatic N) is 4. The summed E-state index contributed by atoms with van der Waals surface area (Å²) >= 11 is 8.95. The minimum absolute atomic E-state index is 0.155. The minimum atomic E-state index is -0.155. The van der Waals surface area contributed by atoms with E-state index in [1.165, 1.54) is 23.1 Å². The zero-order valence-corrected chi connectivity index (χ0v) is 21.6. The number of fused-ring (bicyclic) bond motifs is 1. The predicted octanol–water partition coefficient (Wildman–Crippen LogP) is 5.77. The molecule has 1 aromatic carbocycles. The molecule has 7 nitrogen and oxygen atoms in total. The van der Waals surface area contributed by atoms with Gasteiger partial charge in [0.1, 0.15) is 23.4 Å². The van der Waals surface area contributed by atoms with Crippen LogP contribution in [0.15, 0.2) is 23.4 Å². The molecule has 0 unspecified atom stereocenters. The topological polar surface area (TPSA) is 92.8 Å². The fourth-order valence-corrected chi connectivity index (χ4v) is 6.14. The standard InChI is InChI=1S/C24H26ClN5O2S2/c1-3-30-21(13-32-16-9-10-19(25)15(2)11-16)28-29-24(30)33-14-22(31)27-23-18(12-26)17-7-5-4-6-8-20(17)34-23/h9-11H,3-8,13-14H2,1-2H3,(H,27,31). The molecule has 10 heteroatoms. The quantitative estimate of drug-likeness (QED) is 0.302. The number of rotatable bonds is 8. The lowest BCUT2D eigenvalue weighted by Gasteiger charge is -2.10. The average molecular weight is 516 g/mol. The first kappa shape index (κ1) is 24.6. The lowest BCUT2D eigenvalue weighted by Crippen LogP contribution is -2.15. The molecule has 4 rings (SSSR count). The van der Waals surface area contributed by atoms with E-state index in [4.69, 9.17) is 16.3 Å². The van der Waals surface area contributed by atoms with Gasteiger partial charge in [0.2, 0.25) is 5.91 Å². The molecule has 0 saturated heterocycles. The van der Waals surface area contributed by atoms with Gasteiger partial charge in [-0.1, -0.05) is 29.8 Å². The molecule has 2 aromatic heterocycles. The maximum absolute atomic E-state index is 12.7. The summed E-state index contributed by atoms with van der Waals surface area (Å²) in [4.78, 5) is 13.9. The highest BCUT2D eigenvalue weighted by Crippen LogP contribution is 2.37. The molecule has 0 aliphatic heterocycles. The van der Waals surface area contributed by atoms with Gasteiger partial charge in [0.15, 0.2) is 11.0 Å². The number of nitrogens with one attached hydrogen (secondary N) is 1. The van der Waals surface area contributed by atoms with Crippen LogP contribution in [0.25, 0.3) is 0 Å². The van der Waals surface area contributed by atoms with Gasteiger partial charge in [0, 0.05) is 16.4 Å². The first-order chi connectivity index (χ1) is 16.5. The van der Waals surface area contributed by atoms with E-state index in [1.807, 2.05) is 30.5 Å². The van der Waals surface area contributed by atoms with Crippen LogP contribution in [0.5, 0.6) is 5.75 Å². The Morgan fingerprint density at radius 2 is 2.15 bits per heavy atom. The second-order valence-corrected chi connectivity index (χ2v) is 10.5. The van der Waals surface area contributed by atoms with Gasteiger partial charge in [-0.3, -0.25) is 4.79 Å². The molecule has 0 fully saturated rings. The van der Waals surface area contributed by atoms with Gasteiger partial charge >= 0.3 is 0 Å². The molecule has 0 spiro atoms. The molecular formula is C24H26ClN5O2S2.